The van der Waals surface area contributed by atoms with Crippen LogP contribution in [0.4, 0.5) is 5.82 Å². The molecule has 0 saturated carbocycles. The molecule has 4 rings (SSSR count). The summed E-state index contributed by atoms with van der Waals surface area (Å²) in [5.74, 6) is 0.718. The van der Waals surface area contributed by atoms with Gasteiger partial charge < -0.3 is 9.47 Å². The molecule has 4 heterocycles. The van der Waals surface area contributed by atoms with Crippen molar-refractivity contribution in [2.45, 2.75) is 18.9 Å². The molecule has 0 unspecified atom stereocenters. The standard InChI is InChI=1S/C14H15N5O3/c20-11-3-1-2-10-9-4-8(6-19(10)11)5-18(7-9)12-13(21)15-14(22)17-16-12/h1-3,8-9H,4-7H2,(H2,15,17,21,22)/t8-,9+/m1/s1. The van der Waals surface area contributed by atoms with Crippen LogP contribution < -0.4 is 21.7 Å². The molecule has 0 aromatic carbocycles. The summed E-state index contributed by atoms with van der Waals surface area (Å²) in [6.07, 6.45) is 1.00. The first-order chi connectivity index (χ1) is 10.6. The number of aromatic amines is 2. The Bertz CT molecular complexity index is 896. The minimum absolute atomic E-state index is 0.0284. The van der Waals surface area contributed by atoms with Crippen molar-refractivity contribution in [3.8, 4) is 0 Å². The molecule has 2 N–H and O–H groups in total. The maximum absolute atomic E-state index is 12.0. The molecule has 2 aliphatic rings. The highest BCUT2D eigenvalue weighted by Gasteiger charge is 2.35. The van der Waals surface area contributed by atoms with Gasteiger partial charge in [0.05, 0.1) is 0 Å². The number of piperidine rings is 1. The Balaban J connectivity index is 1.73. The van der Waals surface area contributed by atoms with E-state index in [2.05, 4.69) is 15.2 Å². The molecular weight excluding hydrogens is 286 g/mol. The molecule has 2 atom stereocenters. The summed E-state index contributed by atoms with van der Waals surface area (Å²) in [5, 5.41) is 6.15. The first-order valence-corrected chi connectivity index (χ1v) is 7.25. The number of hydrogen-bond acceptors (Lipinski definition) is 5. The summed E-state index contributed by atoms with van der Waals surface area (Å²) in [6.45, 7) is 1.92. The maximum atomic E-state index is 12.0. The van der Waals surface area contributed by atoms with Gasteiger partial charge >= 0.3 is 5.69 Å². The minimum atomic E-state index is -0.608. The molecule has 0 spiro atoms. The molecular formula is C14H15N5O3. The lowest BCUT2D eigenvalue weighted by Gasteiger charge is -2.42. The highest BCUT2D eigenvalue weighted by Crippen LogP contribution is 2.35. The van der Waals surface area contributed by atoms with Crippen molar-refractivity contribution in [2.24, 2.45) is 5.92 Å². The van der Waals surface area contributed by atoms with Gasteiger partial charge in [-0.15, -0.1) is 5.10 Å². The van der Waals surface area contributed by atoms with E-state index in [4.69, 9.17) is 0 Å². The van der Waals surface area contributed by atoms with E-state index in [1.165, 1.54) is 0 Å². The Morgan fingerprint density at radius 2 is 2.00 bits per heavy atom. The van der Waals surface area contributed by atoms with Crippen molar-refractivity contribution >= 4 is 5.82 Å². The van der Waals surface area contributed by atoms with E-state index < -0.39 is 11.2 Å². The number of nitrogens with one attached hydrogen (secondary N) is 2. The smallest absolute Gasteiger partial charge is 0.342 e. The first kappa shape index (κ1) is 13.1. The summed E-state index contributed by atoms with van der Waals surface area (Å²) < 4.78 is 1.83. The predicted molar refractivity (Wildman–Crippen MR) is 79.2 cm³/mol. The second-order valence-corrected chi connectivity index (χ2v) is 5.93. The highest BCUT2D eigenvalue weighted by atomic mass is 16.2. The molecule has 2 aromatic heterocycles. The van der Waals surface area contributed by atoms with Gasteiger partial charge in [0.25, 0.3) is 11.1 Å². The average Bonchev–Trinajstić information content (AvgIpc) is 2.48. The number of pyridine rings is 1. The third kappa shape index (κ3) is 1.99. The molecule has 2 aliphatic heterocycles. The third-order valence-electron chi connectivity index (χ3n) is 4.47. The van der Waals surface area contributed by atoms with Crippen LogP contribution in [0.3, 0.4) is 0 Å². The van der Waals surface area contributed by atoms with Gasteiger partial charge in [0.15, 0.2) is 0 Å². The third-order valence-corrected chi connectivity index (χ3v) is 4.47. The number of H-pyrrole nitrogens is 2. The van der Waals surface area contributed by atoms with Crippen LogP contribution >= 0.6 is 0 Å². The van der Waals surface area contributed by atoms with E-state index in [1.807, 2.05) is 15.5 Å². The zero-order valence-corrected chi connectivity index (χ0v) is 11.8. The molecule has 114 valence electrons. The summed E-state index contributed by atoms with van der Waals surface area (Å²) in [4.78, 5) is 39.1. The monoisotopic (exact) mass is 301 g/mol. The van der Waals surface area contributed by atoms with E-state index in [9.17, 15) is 14.4 Å². The number of aromatic nitrogens is 4. The van der Waals surface area contributed by atoms with E-state index >= 15 is 0 Å². The largest absolute Gasteiger partial charge is 0.350 e. The SMILES string of the molecule is O=c1[nH]nc(N2C[C@H]3C[C@@H](C2)c2cccc(=O)n2C3)c(=O)[nH]1. The second-order valence-electron chi connectivity index (χ2n) is 5.93. The Hall–Kier alpha value is -2.64. The second kappa shape index (κ2) is 4.69. The van der Waals surface area contributed by atoms with Crippen LogP contribution in [0.2, 0.25) is 0 Å². The molecule has 2 bridgehead atoms. The van der Waals surface area contributed by atoms with E-state index in [0.717, 1.165) is 12.1 Å². The molecule has 8 nitrogen and oxygen atoms in total. The van der Waals surface area contributed by atoms with Crippen molar-refractivity contribution in [3.63, 3.8) is 0 Å². The molecule has 1 fully saturated rings. The van der Waals surface area contributed by atoms with Crippen LogP contribution in [-0.2, 0) is 6.54 Å². The fraction of sp³-hybridized carbons (Fsp3) is 0.429. The number of fused-ring (bicyclic) bond motifs is 4. The van der Waals surface area contributed by atoms with Crippen molar-refractivity contribution in [1.82, 2.24) is 19.7 Å². The summed E-state index contributed by atoms with van der Waals surface area (Å²) in [7, 11) is 0. The Morgan fingerprint density at radius 3 is 2.82 bits per heavy atom. The Morgan fingerprint density at radius 1 is 1.14 bits per heavy atom. The lowest BCUT2D eigenvalue weighted by atomic mass is 9.83. The van der Waals surface area contributed by atoms with Crippen molar-refractivity contribution in [2.75, 3.05) is 18.0 Å². The van der Waals surface area contributed by atoms with Crippen LogP contribution in [0.25, 0.3) is 0 Å². The number of hydrogen-bond donors (Lipinski definition) is 2. The molecule has 0 aliphatic carbocycles. The first-order valence-electron chi connectivity index (χ1n) is 7.25. The number of anilines is 1. The van der Waals surface area contributed by atoms with Gasteiger partial charge in [0.1, 0.15) is 0 Å². The van der Waals surface area contributed by atoms with Gasteiger partial charge in [0, 0.05) is 37.3 Å². The lowest BCUT2D eigenvalue weighted by Crippen LogP contribution is -2.49. The van der Waals surface area contributed by atoms with Crippen LogP contribution in [0.1, 0.15) is 18.0 Å². The van der Waals surface area contributed by atoms with Gasteiger partial charge in [-0.25, -0.2) is 9.89 Å². The van der Waals surface area contributed by atoms with Crippen molar-refractivity contribution < 1.29 is 0 Å². The fourth-order valence-electron chi connectivity index (χ4n) is 3.63. The quantitative estimate of drug-likeness (QED) is 0.721. The lowest BCUT2D eigenvalue weighted by molar-refractivity contribution is 0.280. The molecule has 22 heavy (non-hydrogen) atoms. The minimum Gasteiger partial charge on any atom is -0.350 e. The predicted octanol–water partition coefficient (Wildman–Crippen LogP) is -0.756. The summed E-state index contributed by atoms with van der Waals surface area (Å²) in [5.41, 5.74) is -0.0491. The Labute approximate surface area is 124 Å². The number of nitrogens with zero attached hydrogens (tertiary/aromatic N) is 3. The normalized spacial score (nSPS) is 23.2. The van der Waals surface area contributed by atoms with E-state index in [0.29, 0.717) is 25.6 Å². The van der Waals surface area contributed by atoms with Crippen LogP contribution in [-0.4, -0.2) is 32.8 Å². The maximum Gasteiger partial charge on any atom is 0.342 e. The Kier molecular flexibility index (Phi) is 2.78. The van der Waals surface area contributed by atoms with Gasteiger partial charge in [0.2, 0.25) is 5.82 Å². The van der Waals surface area contributed by atoms with Gasteiger partial charge in [-0.05, 0) is 18.4 Å². The number of rotatable bonds is 1. The summed E-state index contributed by atoms with van der Waals surface area (Å²) >= 11 is 0. The highest BCUT2D eigenvalue weighted by molar-refractivity contribution is 5.37. The molecule has 2 aromatic rings. The molecule has 0 amide bonds. The van der Waals surface area contributed by atoms with E-state index in [1.54, 1.807) is 12.1 Å². The van der Waals surface area contributed by atoms with Crippen LogP contribution in [0.15, 0.2) is 32.6 Å². The molecule has 8 heteroatoms. The zero-order valence-electron chi connectivity index (χ0n) is 11.8. The van der Waals surface area contributed by atoms with Crippen molar-refractivity contribution in [1.29, 1.82) is 0 Å². The summed E-state index contributed by atoms with van der Waals surface area (Å²) in [6, 6.07) is 5.32. The van der Waals surface area contributed by atoms with Crippen LogP contribution in [0, 0.1) is 5.92 Å². The zero-order chi connectivity index (χ0) is 15.3. The molecule has 0 radical (unpaired) electrons. The van der Waals surface area contributed by atoms with Crippen LogP contribution in [0.5, 0.6) is 0 Å². The average molecular weight is 301 g/mol. The van der Waals surface area contributed by atoms with Gasteiger partial charge in [-0.3, -0.25) is 14.6 Å². The van der Waals surface area contributed by atoms with E-state index in [-0.39, 0.29) is 17.3 Å². The van der Waals surface area contributed by atoms with Gasteiger partial charge in [-0.2, -0.15) is 0 Å². The fourth-order valence-corrected chi connectivity index (χ4v) is 3.63. The topological polar surface area (TPSA) is 104 Å². The molecule has 1 saturated heterocycles. The van der Waals surface area contributed by atoms with Crippen molar-refractivity contribution in [3.05, 3.63) is 55.1 Å². The van der Waals surface area contributed by atoms with Gasteiger partial charge in [-0.1, -0.05) is 6.07 Å².